The summed E-state index contributed by atoms with van der Waals surface area (Å²) in [6.45, 7) is 11.3. The lowest BCUT2D eigenvalue weighted by atomic mass is 10.1. The summed E-state index contributed by atoms with van der Waals surface area (Å²) in [5.41, 5.74) is 0.487. The summed E-state index contributed by atoms with van der Waals surface area (Å²) in [4.78, 5) is 29.0. The molecule has 1 atom stereocenters. The molecule has 0 fully saturated rings. The van der Waals surface area contributed by atoms with E-state index >= 15 is 0 Å². The Labute approximate surface area is 156 Å². The van der Waals surface area contributed by atoms with Crippen LogP contribution in [-0.4, -0.2) is 47.2 Å². The zero-order valence-corrected chi connectivity index (χ0v) is 16.5. The molecule has 2 amide bonds. The maximum Gasteiger partial charge on any atom is 0.407 e. The van der Waals surface area contributed by atoms with Gasteiger partial charge in [-0.05, 0) is 51.3 Å². The maximum atomic E-state index is 11.6. The van der Waals surface area contributed by atoms with Crippen LogP contribution in [0.3, 0.4) is 0 Å². The molecule has 1 aromatic heterocycles. The molecule has 2 N–H and O–H groups in total. The van der Waals surface area contributed by atoms with Crippen LogP contribution >= 0.6 is 0 Å². The number of rotatable bonds is 10. The average molecular weight is 364 g/mol. The van der Waals surface area contributed by atoms with Gasteiger partial charge in [-0.15, -0.1) is 0 Å². The third-order valence-corrected chi connectivity index (χ3v) is 3.59. The fourth-order valence-electron chi connectivity index (χ4n) is 2.48. The molecule has 1 aromatic rings. The SMILES string of the molecule is CC(C)C(NCCCNC(=O)OC(C)(C)C)N(C=O)Cc1cccnc1. The molecule has 146 valence electrons. The summed E-state index contributed by atoms with van der Waals surface area (Å²) < 4.78 is 5.19. The first-order valence-corrected chi connectivity index (χ1v) is 9.03. The van der Waals surface area contributed by atoms with Crippen LogP contribution in [0.1, 0.15) is 46.6 Å². The molecule has 1 heterocycles. The van der Waals surface area contributed by atoms with Crippen LogP contribution in [-0.2, 0) is 16.1 Å². The number of carbonyl (C=O) groups excluding carboxylic acids is 2. The molecule has 7 nitrogen and oxygen atoms in total. The first-order chi connectivity index (χ1) is 12.2. The Morgan fingerprint density at radius 2 is 2.08 bits per heavy atom. The number of nitrogens with zero attached hydrogens (tertiary/aromatic N) is 2. The monoisotopic (exact) mass is 364 g/mol. The highest BCUT2D eigenvalue weighted by molar-refractivity contribution is 5.67. The van der Waals surface area contributed by atoms with Crippen molar-refractivity contribution in [3.8, 4) is 0 Å². The third-order valence-electron chi connectivity index (χ3n) is 3.59. The predicted molar refractivity (Wildman–Crippen MR) is 101 cm³/mol. The van der Waals surface area contributed by atoms with Crippen molar-refractivity contribution < 1.29 is 14.3 Å². The number of pyridine rings is 1. The van der Waals surface area contributed by atoms with Crippen molar-refractivity contribution in [2.24, 2.45) is 5.92 Å². The Morgan fingerprint density at radius 3 is 2.62 bits per heavy atom. The van der Waals surface area contributed by atoms with Crippen molar-refractivity contribution in [2.45, 2.75) is 59.4 Å². The molecule has 0 aromatic carbocycles. The molecule has 0 aliphatic carbocycles. The van der Waals surface area contributed by atoms with Gasteiger partial charge in [0.2, 0.25) is 6.41 Å². The van der Waals surface area contributed by atoms with Crippen LogP contribution in [0, 0.1) is 5.92 Å². The average Bonchev–Trinajstić information content (AvgIpc) is 2.55. The second-order valence-corrected chi connectivity index (χ2v) is 7.56. The smallest absolute Gasteiger partial charge is 0.407 e. The number of amides is 2. The quantitative estimate of drug-likeness (QED) is 0.379. The lowest BCUT2D eigenvalue weighted by Gasteiger charge is -2.32. The zero-order chi connectivity index (χ0) is 19.6. The first-order valence-electron chi connectivity index (χ1n) is 9.03. The van der Waals surface area contributed by atoms with Gasteiger partial charge in [0.05, 0.1) is 6.17 Å². The number of hydrogen-bond acceptors (Lipinski definition) is 5. The summed E-state index contributed by atoms with van der Waals surface area (Å²) in [6.07, 6.45) is 4.58. The van der Waals surface area contributed by atoms with Gasteiger partial charge < -0.3 is 15.0 Å². The molecule has 26 heavy (non-hydrogen) atoms. The molecule has 1 rings (SSSR count). The Bertz CT molecular complexity index is 543. The van der Waals surface area contributed by atoms with Crippen molar-refractivity contribution in [3.63, 3.8) is 0 Å². The number of alkyl carbamates (subject to hydrolysis) is 1. The summed E-state index contributed by atoms with van der Waals surface area (Å²) in [6, 6.07) is 3.81. The lowest BCUT2D eigenvalue weighted by molar-refractivity contribution is -0.122. The molecule has 0 saturated heterocycles. The molecular formula is C19H32N4O3. The second-order valence-electron chi connectivity index (χ2n) is 7.56. The van der Waals surface area contributed by atoms with Crippen LogP contribution in [0.5, 0.6) is 0 Å². The van der Waals surface area contributed by atoms with E-state index in [1.165, 1.54) is 0 Å². The standard InChI is InChI=1S/C19H32N4O3/c1-15(2)17(23(14-24)13-16-8-6-9-20-12-16)21-10-7-11-22-18(25)26-19(3,4)5/h6,8-9,12,14-15,17,21H,7,10-11,13H2,1-5H3,(H,22,25). The van der Waals surface area contributed by atoms with Crippen molar-refractivity contribution in [2.75, 3.05) is 13.1 Å². The molecular weight excluding hydrogens is 332 g/mol. The van der Waals surface area contributed by atoms with Gasteiger partial charge >= 0.3 is 6.09 Å². The van der Waals surface area contributed by atoms with Crippen LogP contribution in [0.25, 0.3) is 0 Å². The van der Waals surface area contributed by atoms with Gasteiger partial charge in [-0.25, -0.2) is 4.79 Å². The van der Waals surface area contributed by atoms with Crippen LogP contribution in [0.15, 0.2) is 24.5 Å². The molecule has 0 aliphatic rings. The molecule has 0 saturated carbocycles. The lowest BCUT2D eigenvalue weighted by Crippen LogP contribution is -2.48. The van der Waals surface area contributed by atoms with Gasteiger partial charge in [0.1, 0.15) is 5.60 Å². The fraction of sp³-hybridized carbons (Fsp3) is 0.632. The number of hydrogen-bond donors (Lipinski definition) is 2. The van der Waals surface area contributed by atoms with Gasteiger partial charge in [0, 0.05) is 25.5 Å². The van der Waals surface area contributed by atoms with Gasteiger partial charge in [-0.3, -0.25) is 15.1 Å². The van der Waals surface area contributed by atoms with Gasteiger partial charge in [-0.1, -0.05) is 19.9 Å². The second kappa shape index (κ2) is 10.8. The summed E-state index contributed by atoms with van der Waals surface area (Å²) in [7, 11) is 0. The highest BCUT2D eigenvalue weighted by Crippen LogP contribution is 2.11. The van der Waals surface area contributed by atoms with Crippen molar-refractivity contribution in [1.82, 2.24) is 20.5 Å². The van der Waals surface area contributed by atoms with E-state index in [0.717, 1.165) is 18.4 Å². The first kappa shape index (κ1) is 21.9. The van der Waals surface area contributed by atoms with E-state index in [-0.39, 0.29) is 12.1 Å². The summed E-state index contributed by atoms with van der Waals surface area (Å²) in [5, 5.41) is 6.13. The van der Waals surface area contributed by atoms with E-state index in [1.807, 2.05) is 32.9 Å². The summed E-state index contributed by atoms with van der Waals surface area (Å²) >= 11 is 0. The van der Waals surface area contributed by atoms with E-state index in [0.29, 0.717) is 19.6 Å². The number of ether oxygens (including phenoxy) is 1. The van der Waals surface area contributed by atoms with E-state index in [9.17, 15) is 9.59 Å². The number of aromatic nitrogens is 1. The molecule has 1 unspecified atom stereocenters. The Morgan fingerprint density at radius 1 is 1.35 bits per heavy atom. The van der Waals surface area contributed by atoms with E-state index in [1.54, 1.807) is 17.3 Å². The molecule has 0 radical (unpaired) electrons. The topological polar surface area (TPSA) is 83.6 Å². The molecule has 0 spiro atoms. The van der Waals surface area contributed by atoms with E-state index in [4.69, 9.17) is 4.74 Å². The molecule has 7 heteroatoms. The highest BCUT2D eigenvalue weighted by Gasteiger charge is 2.20. The van der Waals surface area contributed by atoms with Gasteiger partial charge in [0.25, 0.3) is 0 Å². The largest absolute Gasteiger partial charge is 0.444 e. The highest BCUT2D eigenvalue weighted by atomic mass is 16.6. The van der Waals surface area contributed by atoms with Crippen molar-refractivity contribution >= 4 is 12.5 Å². The Hall–Kier alpha value is -2.15. The minimum absolute atomic E-state index is 0.0887. The Kier molecular flexibility index (Phi) is 9.05. The third kappa shape index (κ3) is 8.80. The summed E-state index contributed by atoms with van der Waals surface area (Å²) in [5.74, 6) is 0.246. The van der Waals surface area contributed by atoms with Crippen LogP contribution < -0.4 is 10.6 Å². The van der Waals surface area contributed by atoms with Crippen molar-refractivity contribution in [3.05, 3.63) is 30.1 Å². The van der Waals surface area contributed by atoms with Crippen LogP contribution in [0.4, 0.5) is 4.79 Å². The normalized spacial score (nSPS) is 12.5. The van der Waals surface area contributed by atoms with Gasteiger partial charge in [-0.2, -0.15) is 0 Å². The minimum atomic E-state index is -0.498. The Balaban J connectivity index is 2.42. The number of nitrogens with one attached hydrogen (secondary N) is 2. The predicted octanol–water partition coefficient (Wildman–Crippen LogP) is 2.53. The van der Waals surface area contributed by atoms with Crippen LogP contribution in [0.2, 0.25) is 0 Å². The van der Waals surface area contributed by atoms with Gasteiger partial charge in [0.15, 0.2) is 0 Å². The number of carbonyl (C=O) groups is 2. The zero-order valence-electron chi connectivity index (χ0n) is 16.5. The maximum absolute atomic E-state index is 11.6. The molecule has 0 aliphatic heterocycles. The van der Waals surface area contributed by atoms with E-state index < -0.39 is 11.7 Å². The fourth-order valence-corrected chi connectivity index (χ4v) is 2.48. The molecule has 0 bridgehead atoms. The minimum Gasteiger partial charge on any atom is -0.444 e. The van der Waals surface area contributed by atoms with E-state index in [2.05, 4.69) is 29.5 Å². The van der Waals surface area contributed by atoms with Crippen molar-refractivity contribution in [1.29, 1.82) is 0 Å².